The van der Waals surface area contributed by atoms with E-state index in [2.05, 4.69) is 10.1 Å². The van der Waals surface area contributed by atoms with E-state index < -0.39 is 10.0 Å². The topological polar surface area (TPSA) is 94.8 Å². The van der Waals surface area contributed by atoms with Crippen LogP contribution in [0.4, 0.5) is 0 Å². The van der Waals surface area contributed by atoms with Gasteiger partial charge in [-0.15, -0.1) is 0 Å². The highest BCUT2D eigenvalue weighted by atomic mass is 32.2. The van der Waals surface area contributed by atoms with Gasteiger partial charge in [0.15, 0.2) is 0 Å². The quantitative estimate of drug-likeness (QED) is 0.593. The maximum atomic E-state index is 13.1. The standard InChI is InChI=1S/C21H23N3O5S/c1-27-17-7-5-15(6-8-17)20-22-21(29-23-20)16-4-3-13-24(14-16)30(25,26)19-11-9-18(28-2)10-12-19/h5-12,16H,3-4,13-14H2,1-2H3/t16-/m1/s1. The molecule has 1 aromatic heterocycles. The SMILES string of the molecule is COc1ccc(-c2noc([C@@H]3CCCN(S(=O)(=O)c4ccc(OC)cc4)C3)n2)cc1. The van der Waals surface area contributed by atoms with Gasteiger partial charge in [0.25, 0.3) is 0 Å². The van der Waals surface area contributed by atoms with Crippen molar-refractivity contribution in [1.82, 2.24) is 14.4 Å². The van der Waals surface area contributed by atoms with Gasteiger partial charge in [-0.3, -0.25) is 0 Å². The van der Waals surface area contributed by atoms with Crippen molar-refractivity contribution in [3.05, 3.63) is 54.4 Å². The smallest absolute Gasteiger partial charge is 0.243 e. The Hall–Kier alpha value is -2.91. The number of rotatable bonds is 6. The van der Waals surface area contributed by atoms with Crippen molar-refractivity contribution in [2.45, 2.75) is 23.7 Å². The summed E-state index contributed by atoms with van der Waals surface area (Å²) in [5.41, 5.74) is 0.810. The summed E-state index contributed by atoms with van der Waals surface area (Å²) in [7, 11) is -0.455. The lowest BCUT2D eigenvalue weighted by Gasteiger charge is -2.30. The Labute approximate surface area is 175 Å². The van der Waals surface area contributed by atoms with Crippen LogP contribution in [0.25, 0.3) is 11.4 Å². The summed E-state index contributed by atoms with van der Waals surface area (Å²) in [6.45, 7) is 0.767. The number of aromatic nitrogens is 2. The number of hydrogen-bond acceptors (Lipinski definition) is 7. The fraction of sp³-hybridized carbons (Fsp3) is 0.333. The molecule has 0 amide bonds. The molecule has 2 aromatic carbocycles. The summed E-state index contributed by atoms with van der Waals surface area (Å²) in [5, 5.41) is 4.07. The van der Waals surface area contributed by atoms with Crippen LogP contribution in [0, 0.1) is 0 Å². The monoisotopic (exact) mass is 429 g/mol. The lowest BCUT2D eigenvalue weighted by molar-refractivity contribution is 0.265. The van der Waals surface area contributed by atoms with Crippen LogP contribution in [0.5, 0.6) is 11.5 Å². The third kappa shape index (κ3) is 4.03. The zero-order chi connectivity index (χ0) is 21.1. The molecule has 8 nitrogen and oxygen atoms in total. The average molecular weight is 429 g/mol. The molecule has 158 valence electrons. The van der Waals surface area contributed by atoms with Gasteiger partial charge in [-0.05, 0) is 61.4 Å². The predicted molar refractivity (Wildman–Crippen MR) is 110 cm³/mol. The normalized spacial score (nSPS) is 17.6. The predicted octanol–water partition coefficient (Wildman–Crippen LogP) is 3.32. The van der Waals surface area contributed by atoms with Gasteiger partial charge in [0.05, 0.1) is 25.0 Å². The molecular weight excluding hydrogens is 406 g/mol. The summed E-state index contributed by atoms with van der Waals surface area (Å²) in [6, 6.07) is 13.8. The molecule has 1 atom stereocenters. The van der Waals surface area contributed by atoms with Crippen molar-refractivity contribution in [2.24, 2.45) is 0 Å². The van der Waals surface area contributed by atoms with E-state index in [9.17, 15) is 8.42 Å². The van der Waals surface area contributed by atoms with Crippen LogP contribution in [-0.2, 0) is 10.0 Å². The minimum Gasteiger partial charge on any atom is -0.497 e. The van der Waals surface area contributed by atoms with Gasteiger partial charge in [0, 0.05) is 18.7 Å². The minimum atomic E-state index is -3.61. The summed E-state index contributed by atoms with van der Waals surface area (Å²) in [6.07, 6.45) is 1.51. The van der Waals surface area contributed by atoms with Crippen LogP contribution in [0.3, 0.4) is 0 Å². The second kappa shape index (κ2) is 8.45. The van der Waals surface area contributed by atoms with Gasteiger partial charge in [-0.25, -0.2) is 8.42 Å². The fourth-order valence-electron chi connectivity index (χ4n) is 3.52. The maximum Gasteiger partial charge on any atom is 0.243 e. The highest BCUT2D eigenvalue weighted by Gasteiger charge is 2.33. The Morgan fingerprint density at radius 1 is 1.00 bits per heavy atom. The van der Waals surface area contributed by atoms with Crippen LogP contribution >= 0.6 is 0 Å². The second-order valence-electron chi connectivity index (χ2n) is 7.06. The fourth-order valence-corrected chi connectivity index (χ4v) is 5.04. The first-order valence-electron chi connectivity index (χ1n) is 9.63. The summed E-state index contributed by atoms with van der Waals surface area (Å²) in [4.78, 5) is 4.76. The molecule has 0 saturated carbocycles. The van der Waals surface area contributed by atoms with Crippen molar-refractivity contribution in [1.29, 1.82) is 0 Å². The van der Waals surface area contributed by atoms with E-state index in [1.807, 2.05) is 24.3 Å². The highest BCUT2D eigenvalue weighted by molar-refractivity contribution is 7.89. The molecule has 1 aliphatic heterocycles. The van der Waals surface area contributed by atoms with Gasteiger partial charge < -0.3 is 14.0 Å². The van der Waals surface area contributed by atoms with Gasteiger partial charge in [0.2, 0.25) is 21.7 Å². The Bertz CT molecular complexity index is 1090. The van der Waals surface area contributed by atoms with E-state index in [0.29, 0.717) is 30.6 Å². The number of ether oxygens (including phenoxy) is 2. The lowest BCUT2D eigenvalue weighted by Crippen LogP contribution is -2.39. The Morgan fingerprint density at radius 2 is 1.63 bits per heavy atom. The number of benzene rings is 2. The number of methoxy groups -OCH3 is 2. The molecular formula is C21H23N3O5S. The summed E-state index contributed by atoms with van der Waals surface area (Å²) in [5.74, 6) is 2.14. The van der Waals surface area contributed by atoms with Crippen molar-refractivity contribution >= 4 is 10.0 Å². The Kier molecular flexibility index (Phi) is 5.74. The maximum absolute atomic E-state index is 13.1. The van der Waals surface area contributed by atoms with Crippen LogP contribution in [-0.4, -0.2) is 50.2 Å². The van der Waals surface area contributed by atoms with Crippen molar-refractivity contribution in [3.63, 3.8) is 0 Å². The molecule has 0 bridgehead atoms. The zero-order valence-electron chi connectivity index (χ0n) is 16.8. The van der Waals surface area contributed by atoms with Gasteiger partial charge in [-0.2, -0.15) is 9.29 Å². The first kappa shape index (κ1) is 20.4. The van der Waals surface area contributed by atoms with E-state index in [4.69, 9.17) is 14.0 Å². The molecule has 1 saturated heterocycles. The zero-order valence-corrected chi connectivity index (χ0v) is 17.6. The largest absolute Gasteiger partial charge is 0.497 e. The Morgan fingerprint density at radius 3 is 2.27 bits per heavy atom. The van der Waals surface area contributed by atoms with Crippen molar-refractivity contribution in [2.75, 3.05) is 27.3 Å². The number of sulfonamides is 1. The molecule has 0 unspecified atom stereocenters. The van der Waals surface area contributed by atoms with Crippen molar-refractivity contribution < 1.29 is 22.4 Å². The van der Waals surface area contributed by atoms with Gasteiger partial charge >= 0.3 is 0 Å². The molecule has 0 radical (unpaired) electrons. The van der Waals surface area contributed by atoms with Crippen LogP contribution in [0.2, 0.25) is 0 Å². The molecule has 3 aromatic rings. The molecule has 9 heteroatoms. The summed E-state index contributed by atoms with van der Waals surface area (Å²) >= 11 is 0. The molecule has 1 fully saturated rings. The first-order chi connectivity index (χ1) is 14.5. The van der Waals surface area contributed by atoms with E-state index in [0.717, 1.165) is 24.2 Å². The number of nitrogens with zero attached hydrogens (tertiary/aromatic N) is 3. The molecule has 30 heavy (non-hydrogen) atoms. The molecule has 4 rings (SSSR count). The molecule has 2 heterocycles. The molecule has 0 spiro atoms. The molecule has 0 N–H and O–H groups in total. The first-order valence-corrected chi connectivity index (χ1v) is 11.1. The van der Waals surface area contributed by atoms with Gasteiger partial charge in [-0.1, -0.05) is 5.16 Å². The third-order valence-corrected chi connectivity index (χ3v) is 7.10. The van der Waals surface area contributed by atoms with E-state index >= 15 is 0 Å². The number of hydrogen-bond donors (Lipinski definition) is 0. The second-order valence-corrected chi connectivity index (χ2v) is 9.00. The molecule has 0 aliphatic carbocycles. The lowest BCUT2D eigenvalue weighted by atomic mass is 10.00. The van der Waals surface area contributed by atoms with Gasteiger partial charge in [0.1, 0.15) is 11.5 Å². The van der Waals surface area contributed by atoms with Crippen LogP contribution < -0.4 is 9.47 Å². The summed E-state index contributed by atoms with van der Waals surface area (Å²) < 4.78 is 43.4. The van der Waals surface area contributed by atoms with Crippen molar-refractivity contribution in [3.8, 4) is 22.9 Å². The average Bonchev–Trinajstić information content (AvgIpc) is 3.29. The van der Waals surface area contributed by atoms with Crippen LogP contribution in [0.15, 0.2) is 57.9 Å². The third-order valence-electron chi connectivity index (χ3n) is 5.22. The minimum absolute atomic E-state index is 0.147. The van der Waals surface area contributed by atoms with Crippen LogP contribution in [0.1, 0.15) is 24.7 Å². The van der Waals surface area contributed by atoms with E-state index in [1.165, 1.54) is 4.31 Å². The Balaban J connectivity index is 1.51. The molecule has 1 aliphatic rings. The number of piperidine rings is 1. The van der Waals surface area contributed by atoms with E-state index in [1.54, 1.807) is 38.5 Å². The van der Waals surface area contributed by atoms with E-state index in [-0.39, 0.29) is 10.8 Å². The highest BCUT2D eigenvalue weighted by Crippen LogP contribution is 2.31.